The minimum Gasteiger partial charge on any atom is -0.493 e. The Bertz CT molecular complexity index is 1140. The van der Waals surface area contributed by atoms with E-state index in [0.29, 0.717) is 36.1 Å². The fourth-order valence-electron chi connectivity index (χ4n) is 4.29. The number of benzene rings is 2. The molecule has 7 nitrogen and oxygen atoms in total. The Labute approximate surface area is 211 Å². The molecule has 2 heterocycles. The van der Waals surface area contributed by atoms with Gasteiger partial charge in [-0.05, 0) is 36.6 Å². The number of amides is 1. The van der Waals surface area contributed by atoms with Gasteiger partial charge in [-0.25, -0.2) is 4.98 Å². The van der Waals surface area contributed by atoms with Crippen LogP contribution in [0.3, 0.4) is 0 Å². The van der Waals surface area contributed by atoms with Crippen molar-refractivity contribution < 1.29 is 19.0 Å². The standard InChI is InChI=1S/C27H33N3O4S/c1-5-19-6-8-20(9-7-19)27-29-18(2)25(35-27)26(31)28-17-22(30-12-14-34-15-13-30)21-10-11-23(32-3)24(16-21)33-4/h6-11,16,22H,5,12-15,17H2,1-4H3,(H,28,31)/t22-/m0/s1. The van der Waals surface area contributed by atoms with Crippen LogP contribution in [0.1, 0.15) is 39.5 Å². The van der Waals surface area contributed by atoms with Crippen LogP contribution in [0.5, 0.6) is 11.5 Å². The molecule has 1 atom stereocenters. The molecule has 1 aliphatic heterocycles. The average molecular weight is 496 g/mol. The Hall–Kier alpha value is -2.94. The molecule has 0 radical (unpaired) electrons. The third-order valence-corrected chi connectivity index (χ3v) is 7.55. The van der Waals surface area contributed by atoms with Crippen LogP contribution in [0.2, 0.25) is 0 Å². The van der Waals surface area contributed by atoms with E-state index in [0.717, 1.165) is 41.3 Å². The first-order chi connectivity index (χ1) is 17.0. The highest BCUT2D eigenvalue weighted by molar-refractivity contribution is 7.17. The summed E-state index contributed by atoms with van der Waals surface area (Å²) >= 11 is 1.43. The van der Waals surface area contributed by atoms with E-state index < -0.39 is 0 Å². The number of morpholine rings is 1. The molecule has 1 N–H and O–H groups in total. The van der Waals surface area contributed by atoms with Crippen LogP contribution in [0.15, 0.2) is 42.5 Å². The van der Waals surface area contributed by atoms with Crippen molar-refractivity contribution in [3.63, 3.8) is 0 Å². The second kappa shape index (κ2) is 11.7. The number of aryl methyl sites for hydroxylation is 2. The van der Waals surface area contributed by atoms with E-state index in [2.05, 4.69) is 46.4 Å². The first kappa shape index (κ1) is 25.2. The Kier molecular flexibility index (Phi) is 8.38. The van der Waals surface area contributed by atoms with Gasteiger partial charge >= 0.3 is 0 Å². The van der Waals surface area contributed by atoms with Gasteiger partial charge in [-0.2, -0.15) is 0 Å². The lowest BCUT2D eigenvalue weighted by atomic mass is 10.0. The van der Waals surface area contributed by atoms with E-state index >= 15 is 0 Å². The van der Waals surface area contributed by atoms with Crippen LogP contribution in [0.4, 0.5) is 0 Å². The van der Waals surface area contributed by atoms with Crippen molar-refractivity contribution in [2.45, 2.75) is 26.3 Å². The second-order valence-corrected chi connectivity index (χ2v) is 9.47. The Balaban J connectivity index is 1.52. The Morgan fingerprint density at radius 2 is 1.83 bits per heavy atom. The van der Waals surface area contributed by atoms with Crippen molar-refractivity contribution in [1.29, 1.82) is 0 Å². The van der Waals surface area contributed by atoms with Gasteiger partial charge in [0.2, 0.25) is 0 Å². The van der Waals surface area contributed by atoms with Gasteiger partial charge in [-0.1, -0.05) is 37.3 Å². The van der Waals surface area contributed by atoms with Crippen LogP contribution in [0.25, 0.3) is 10.6 Å². The zero-order valence-electron chi connectivity index (χ0n) is 20.8. The summed E-state index contributed by atoms with van der Waals surface area (Å²) in [4.78, 5) is 20.9. The summed E-state index contributed by atoms with van der Waals surface area (Å²) in [6, 6.07) is 14.3. The molecule has 3 aromatic rings. The third-order valence-electron chi connectivity index (χ3n) is 6.35. The van der Waals surface area contributed by atoms with E-state index in [9.17, 15) is 4.79 Å². The van der Waals surface area contributed by atoms with Crippen LogP contribution in [-0.4, -0.2) is 62.9 Å². The molecule has 0 spiro atoms. The number of methoxy groups -OCH3 is 2. The lowest BCUT2D eigenvalue weighted by molar-refractivity contribution is 0.0162. The molecule has 0 bridgehead atoms. The van der Waals surface area contributed by atoms with E-state index in [4.69, 9.17) is 14.2 Å². The largest absolute Gasteiger partial charge is 0.493 e. The molecule has 1 saturated heterocycles. The van der Waals surface area contributed by atoms with Gasteiger partial charge in [0.1, 0.15) is 9.88 Å². The highest BCUT2D eigenvalue weighted by Gasteiger charge is 2.25. The van der Waals surface area contributed by atoms with Gasteiger partial charge in [0.25, 0.3) is 5.91 Å². The van der Waals surface area contributed by atoms with Crippen molar-refractivity contribution >= 4 is 17.2 Å². The molecule has 1 aromatic heterocycles. The molecule has 0 aliphatic carbocycles. The lowest BCUT2D eigenvalue weighted by Gasteiger charge is -2.35. The molecular formula is C27H33N3O4S. The average Bonchev–Trinajstić information content (AvgIpc) is 3.30. The minimum absolute atomic E-state index is 0.0167. The molecule has 0 saturated carbocycles. The summed E-state index contributed by atoms with van der Waals surface area (Å²) < 4.78 is 16.5. The number of thiazole rings is 1. The number of aromatic nitrogens is 1. The summed E-state index contributed by atoms with van der Waals surface area (Å²) in [7, 11) is 3.26. The molecule has 186 valence electrons. The SMILES string of the molecule is CCc1ccc(-c2nc(C)c(C(=O)NC[C@@H](c3ccc(OC)c(OC)c3)N3CCOCC3)s2)cc1. The zero-order chi connectivity index (χ0) is 24.8. The molecule has 4 rings (SSSR count). The van der Waals surface area contributed by atoms with Crippen molar-refractivity contribution in [2.24, 2.45) is 0 Å². The normalized spacial score (nSPS) is 15.0. The van der Waals surface area contributed by atoms with Gasteiger partial charge in [-0.3, -0.25) is 9.69 Å². The van der Waals surface area contributed by atoms with E-state index in [-0.39, 0.29) is 11.9 Å². The van der Waals surface area contributed by atoms with Crippen molar-refractivity contribution in [2.75, 3.05) is 47.1 Å². The number of nitrogens with one attached hydrogen (secondary N) is 1. The van der Waals surface area contributed by atoms with Gasteiger partial charge in [0, 0.05) is 25.2 Å². The maximum atomic E-state index is 13.2. The topological polar surface area (TPSA) is 72.9 Å². The van der Waals surface area contributed by atoms with Crippen LogP contribution in [-0.2, 0) is 11.2 Å². The van der Waals surface area contributed by atoms with E-state index in [1.807, 2.05) is 25.1 Å². The number of carbonyl (C=O) groups is 1. The van der Waals surface area contributed by atoms with Crippen LogP contribution >= 0.6 is 11.3 Å². The number of rotatable bonds is 9. The lowest BCUT2D eigenvalue weighted by Crippen LogP contribution is -2.43. The van der Waals surface area contributed by atoms with Gasteiger partial charge < -0.3 is 19.5 Å². The first-order valence-corrected chi connectivity index (χ1v) is 12.7. The van der Waals surface area contributed by atoms with Gasteiger partial charge in [0.15, 0.2) is 11.5 Å². The maximum Gasteiger partial charge on any atom is 0.263 e. The molecule has 1 amide bonds. The molecule has 8 heteroatoms. The van der Waals surface area contributed by atoms with Crippen LogP contribution < -0.4 is 14.8 Å². The minimum atomic E-state index is -0.102. The molecule has 1 aliphatic rings. The van der Waals surface area contributed by atoms with Crippen molar-refractivity contribution in [3.8, 4) is 22.1 Å². The quantitative estimate of drug-likeness (QED) is 0.471. The zero-order valence-corrected chi connectivity index (χ0v) is 21.6. The third kappa shape index (κ3) is 5.83. The fraction of sp³-hybridized carbons (Fsp3) is 0.407. The fourth-order valence-corrected chi connectivity index (χ4v) is 5.28. The monoisotopic (exact) mass is 495 g/mol. The summed E-state index contributed by atoms with van der Waals surface area (Å²) in [5.74, 6) is 1.25. The number of hydrogen-bond acceptors (Lipinski definition) is 7. The highest BCUT2D eigenvalue weighted by Crippen LogP contribution is 2.33. The highest BCUT2D eigenvalue weighted by atomic mass is 32.1. The molecular weight excluding hydrogens is 462 g/mol. The molecule has 35 heavy (non-hydrogen) atoms. The van der Waals surface area contributed by atoms with Gasteiger partial charge in [0.05, 0.1) is 39.2 Å². The summed E-state index contributed by atoms with van der Waals surface area (Å²) in [6.07, 6.45) is 0.995. The van der Waals surface area contributed by atoms with Crippen molar-refractivity contribution in [1.82, 2.24) is 15.2 Å². The Morgan fingerprint density at radius 1 is 1.11 bits per heavy atom. The van der Waals surface area contributed by atoms with Crippen molar-refractivity contribution in [3.05, 3.63) is 64.2 Å². The number of carbonyl (C=O) groups excluding carboxylic acids is 1. The molecule has 2 aromatic carbocycles. The summed E-state index contributed by atoms with van der Waals surface area (Å²) in [5, 5.41) is 4.02. The second-order valence-electron chi connectivity index (χ2n) is 8.47. The maximum absolute atomic E-state index is 13.2. The predicted molar refractivity (Wildman–Crippen MR) is 139 cm³/mol. The van der Waals surface area contributed by atoms with Gasteiger partial charge in [-0.15, -0.1) is 11.3 Å². The summed E-state index contributed by atoms with van der Waals surface area (Å²) in [5.41, 5.74) is 4.12. The smallest absolute Gasteiger partial charge is 0.263 e. The predicted octanol–water partition coefficient (Wildman–Crippen LogP) is 4.50. The number of ether oxygens (including phenoxy) is 3. The first-order valence-electron chi connectivity index (χ1n) is 11.9. The van der Waals surface area contributed by atoms with E-state index in [1.165, 1.54) is 16.9 Å². The van der Waals surface area contributed by atoms with E-state index in [1.54, 1.807) is 14.2 Å². The number of nitrogens with zero attached hydrogens (tertiary/aromatic N) is 2. The molecule has 0 unspecified atom stereocenters. The summed E-state index contributed by atoms with van der Waals surface area (Å²) in [6.45, 7) is 7.43. The number of hydrogen-bond donors (Lipinski definition) is 1. The van der Waals surface area contributed by atoms with Crippen LogP contribution in [0, 0.1) is 6.92 Å². The Morgan fingerprint density at radius 3 is 2.49 bits per heavy atom. The molecule has 1 fully saturated rings.